The van der Waals surface area contributed by atoms with Crippen molar-refractivity contribution in [2.24, 2.45) is 0 Å². The van der Waals surface area contributed by atoms with Gasteiger partial charge in [0.05, 0.1) is 18.5 Å². The third-order valence-corrected chi connectivity index (χ3v) is 4.80. The Morgan fingerprint density at radius 3 is 2.72 bits per heavy atom. The van der Waals surface area contributed by atoms with E-state index in [1.807, 2.05) is 24.4 Å². The summed E-state index contributed by atoms with van der Waals surface area (Å²) in [6, 6.07) is 10.7. The van der Waals surface area contributed by atoms with Crippen LogP contribution in [0.3, 0.4) is 0 Å². The molecule has 25 heavy (non-hydrogen) atoms. The highest BCUT2D eigenvalue weighted by molar-refractivity contribution is 5.58. The molecule has 0 spiro atoms. The maximum atomic E-state index is 5.52. The van der Waals surface area contributed by atoms with Gasteiger partial charge in [0.1, 0.15) is 11.6 Å². The molecule has 0 amide bonds. The Kier molecular flexibility index (Phi) is 5.53. The fourth-order valence-electron chi connectivity index (χ4n) is 3.33. The number of rotatable bonds is 5. The Morgan fingerprint density at radius 1 is 1.20 bits per heavy atom. The van der Waals surface area contributed by atoms with Gasteiger partial charge in [-0.15, -0.1) is 0 Å². The van der Waals surface area contributed by atoms with Gasteiger partial charge in [-0.2, -0.15) is 0 Å². The highest BCUT2D eigenvalue weighted by Gasteiger charge is 2.25. The number of para-hydroxylation sites is 2. The van der Waals surface area contributed by atoms with E-state index in [0.717, 1.165) is 43.4 Å². The van der Waals surface area contributed by atoms with Crippen molar-refractivity contribution < 1.29 is 4.74 Å². The zero-order chi connectivity index (χ0) is 17.8. The van der Waals surface area contributed by atoms with Crippen LogP contribution in [-0.4, -0.2) is 47.7 Å². The van der Waals surface area contributed by atoms with E-state index in [4.69, 9.17) is 9.72 Å². The van der Waals surface area contributed by atoms with Crippen molar-refractivity contribution in [2.75, 3.05) is 31.6 Å². The molecular formula is C20H28N4O. The first-order chi connectivity index (χ1) is 12.1. The average Bonchev–Trinajstić information content (AvgIpc) is 2.63. The molecule has 1 atom stereocenters. The molecule has 3 rings (SSSR count). The van der Waals surface area contributed by atoms with E-state index in [0.29, 0.717) is 12.0 Å². The first-order valence-electron chi connectivity index (χ1n) is 9.02. The topological polar surface area (TPSA) is 41.5 Å². The molecule has 1 fully saturated rings. The standard InChI is InChI=1S/C20H28N4O/c1-15(2)20-21-10-9-17(22-20)14-23-11-12-24(13-16(23)3)18-7-5-6-8-19(18)25-4/h5-10,15-16H,11-14H2,1-4H3/t16-/m0/s1. The van der Waals surface area contributed by atoms with Gasteiger partial charge in [0.15, 0.2) is 0 Å². The number of benzene rings is 1. The molecular weight excluding hydrogens is 312 g/mol. The number of ether oxygens (including phenoxy) is 1. The Bertz CT molecular complexity index is 704. The molecule has 5 heteroatoms. The first-order valence-corrected chi connectivity index (χ1v) is 9.02. The molecule has 0 unspecified atom stereocenters. The fourth-order valence-corrected chi connectivity index (χ4v) is 3.33. The van der Waals surface area contributed by atoms with Gasteiger partial charge in [0.2, 0.25) is 0 Å². The molecule has 2 heterocycles. The van der Waals surface area contributed by atoms with E-state index in [-0.39, 0.29) is 0 Å². The minimum absolute atomic E-state index is 0.361. The van der Waals surface area contributed by atoms with Crippen LogP contribution in [-0.2, 0) is 6.54 Å². The third kappa shape index (κ3) is 4.10. The zero-order valence-electron chi connectivity index (χ0n) is 15.6. The molecule has 5 nitrogen and oxygen atoms in total. The maximum Gasteiger partial charge on any atom is 0.142 e. The van der Waals surface area contributed by atoms with Gasteiger partial charge in [0, 0.05) is 44.3 Å². The molecule has 2 aromatic rings. The lowest BCUT2D eigenvalue weighted by Gasteiger charge is -2.41. The van der Waals surface area contributed by atoms with Crippen LogP contribution in [0.2, 0.25) is 0 Å². The largest absolute Gasteiger partial charge is 0.495 e. The number of anilines is 1. The molecule has 1 aromatic heterocycles. The predicted molar refractivity (Wildman–Crippen MR) is 101 cm³/mol. The van der Waals surface area contributed by atoms with Crippen LogP contribution in [0.15, 0.2) is 36.5 Å². The van der Waals surface area contributed by atoms with Gasteiger partial charge < -0.3 is 9.64 Å². The van der Waals surface area contributed by atoms with Crippen LogP contribution >= 0.6 is 0 Å². The Hall–Kier alpha value is -2.14. The van der Waals surface area contributed by atoms with Gasteiger partial charge in [0.25, 0.3) is 0 Å². The minimum Gasteiger partial charge on any atom is -0.495 e. The maximum absolute atomic E-state index is 5.52. The minimum atomic E-state index is 0.361. The molecule has 0 N–H and O–H groups in total. The van der Waals surface area contributed by atoms with E-state index < -0.39 is 0 Å². The summed E-state index contributed by atoms with van der Waals surface area (Å²) in [5, 5.41) is 0. The number of nitrogens with zero attached hydrogens (tertiary/aromatic N) is 4. The average molecular weight is 340 g/mol. The predicted octanol–water partition coefficient (Wildman–Crippen LogP) is 3.32. The lowest BCUT2D eigenvalue weighted by atomic mass is 10.1. The van der Waals surface area contributed by atoms with Crippen molar-refractivity contribution in [1.29, 1.82) is 0 Å². The molecule has 0 aliphatic carbocycles. The molecule has 1 aromatic carbocycles. The van der Waals surface area contributed by atoms with Crippen molar-refractivity contribution in [3.63, 3.8) is 0 Å². The molecule has 0 bridgehead atoms. The number of hydrogen-bond donors (Lipinski definition) is 0. The highest BCUT2D eigenvalue weighted by Crippen LogP contribution is 2.29. The smallest absolute Gasteiger partial charge is 0.142 e. The summed E-state index contributed by atoms with van der Waals surface area (Å²) >= 11 is 0. The van der Waals surface area contributed by atoms with E-state index >= 15 is 0 Å². The van der Waals surface area contributed by atoms with E-state index in [2.05, 4.69) is 47.7 Å². The van der Waals surface area contributed by atoms with Gasteiger partial charge in [-0.05, 0) is 25.1 Å². The van der Waals surface area contributed by atoms with Crippen LogP contribution in [0.4, 0.5) is 5.69 Å². The number of methoxy groups -OCH3 is 1. The van der Waals surface area contributed by atoms with Crippen molar-refractivity contribution in [3.8, 4) is 5.75 Å². The van der Waals surface area contributed by atoms with Crippen molar-refractivity contribution in [3.05, 3.63) is 48.0 Å². The zero-order valence-corrected chi connectivity index (χ0v) is 15.6. The summed E-state index contributed by atoms with van der Waals surface area (Å²) in [6.45, 7) is 10.4. The van der Waals surface area contributed by atoms with Gasteiger partial charge in [-0.1, -0.05) is 26.0 Å². The summed E-state index contributed by atoms with van der Waals surface area (Å²) in [6.07, 6.45) is 1.88. The van der Waals surface area contributed by atoms with E-state index in [9.17, 15) is 0 Å². The molecule has 134 valence electrons. The Morgan fingerprint density at radius 2 is 2.00 bits per heavy atom. The first kappa shape index (κ1) is 17.7. The van der Waals surface area contributed by atoms with Crippen molar-refractivity contribution >= 4 is 5.69 Å². The molecule has 1 aliphatic rings. The van der Waals surface area contributed by atoms with Crippen molar-refractivity contribution in [2.45, 2.75) is 39.3 Å². The summed E-state index contributed by atoms with van der Waals surface area (Å²) in [4.78, 5) is 14.0. The van der Waals surface area contributed by atoms with Crippen LogP contribution < -0.4 is 9.64 Å². The summed E-state index contributed by atoms with van der Waals surface area (Å²) < 4.78 is 5.52. The lowest BCUT2D eigenvalue weighted by Crippen LogP contribution is -2.51. The second-order valence-electron chi connectivity index (χ2n) is 7.00. The van der Waals surface area contributed by atoms with Gasteiger partial charge in [-0.25, -0.2) is 9.97 Å². The van der Waals surface area contributed by atoms with Gasteiger partial charge in [-0.3, -0.25) is 4.90 Å². The number of piperazine rings is 1. The molecule has 1 saturated heterocycles. The molecule has 0 saturated carbocycles. The van der Waals surface area contributed by atoms with Crippen LogP contribution in [0.25, 0.3) is 0 Å². The summed E-state index contributed by atoms with van der Waals surface area (Å²) in [5.74, 6) is 2.23. The molecule has 1 aliphatic heterocycles. The van der Waals surface area contributed by atoms with Crippen LogP contribution in [0.5, 0.6) is 5.75 Å². The highest BCUT2D eigenvalue weighted by atomic mass is 16.5. The number of aromatic nitrogens is 2. The quantitative estimate of drug-likeness (QED) is 0.835. The second kappa shape index (κ2) is 7.83. The second-order valence-corrected chi connectivity index (χ2v) is 7.00. The van der Waals surface area contributed by atoms with Crippen molar-refractivity contribution in [1.82, 2.24) is 14.9 Å². The summed E-state index contributed by atoms with van der Waals surface area (Å²) in [5.41, 5.74) is 2.29. The Labute approximate surface area is 150 Å². The van der Waals surface area contributed by atoms with E-state index in [1.54, 1.807) is 7.11 Å². The molecule has 0 radical (unpaired) electrons. The SMILES string of the molecule is COc1ccccc1N1CCN(Cc2ccnc(C(C)C)n2)[C@@H](C)C1. The summed E-state index contributed by atoms with van der Waals surface area (Å²) in [7, 11) is 1.74. The van der Waals surface area contributed by atoms with Crippen LogP contribution in [0.1, 0.15) is 38.2 Å². The normalized spacial score (nSPS) is 18.6. The van der Waals surface area contributed by atoms with E-state index in [1.165, 1.54) is 5.69 Å². The lowest BCUT2D eigenvalue weighted by molar-refractivity contribution is 0.178. The van der Waals surface area contributed by atoms with Gasteiger partial charge >= 0.3 is 0 Å². The van der Waals surface area contributed by atoms with Crippen LogP contribution in [0, 0.1) is 0 Å². The monoisotopic (exact) mass is 340 g/mol. The fraction of sp³-hybridized carbons (Fsp3) is 0.500. The Balaban J connectivity index is 1.67. The third-order valence-electron chi connectivity index (χ3n) is 4.80. The number of hydrogen-bond acceptors (Lipinski definition) is 5.